The Morgan fingerprint density at radius 3 is 2.75 bits per heavy atom. The molecule has 0 bridgehead atoms. The summed E-state index contributed by atoms with van der Waals surface area (Å²) in [4.78, 5) is 2.68. The number of nitrogens with one attached hydrogen (secondary N) is 1. The molecule has 2 atom stereocenters. The van der Waals surface area contributed by atoms with Crippen LogP contribution in [0.3, 0.4) is 0 Å². The van der Waals surface area contributed by atoms with Gasteiger partial charge in [-0.25, -0.2) is 0 Å². The Morgan fingerprint density at radius 1 is 1.30 bits per heavy atom. The van der Waals surface area contributed by atoms with Gasteiger partial charge in [0.25, 0.3) is 0 Å². The van der Waals surface area contributed by atoms with E-state index in [-0.39, 0.29) is 0 Å². The van der Waals surface area contributed by atoms with Crippen LogP contribution in [0.5, 0.6) is 0 Å². The predicted octanol–water partition coefficient (Wildman–Crippen LogP) is 3.15. The van der Waals surface area contributed by atoms with Gasteiger partial charge >= 0.3 is 0 Å². The summed E-state index contributed by atoms with van der Waals surface area (Å²) in [7, 11) is 1.83. The Kier molecular flexibility index (Phi) is 8.74. The van der Waals surface area contributed by atoms with Gasteiger partial charge in [-0.05, 0) is 50.1 Å². The highest BCUT2D eigenvalue weighted by Gasteiger charge is 2.29. The fourth-order valence-corrected chi connectivity index (χ4v) is 3.60. The maximum Gasteiger partial charge on any atom is 0.0502 e. The molecule has 120 valence electrons. The summed E-state index contributed by atoms with van der Waals surface area (Å²) in [6, 6.07) is 0. The monoisotopic (exact) mass is 284 g/mol. The molecular weight excluding hydrogens is 248 g/mol. The molecule has 1 heterocycles. The van der Waals surface area contributed by atoms with E-state index in [2.05, 4.69) is 31.0 Å². The van der Waals surface area contributed by atoms with Gasteiger partial charge in [0, 0.05) is 26.7 Å². The molecule has 0 aromatic rings. The van der Waals surface area contributed by atoms with Crippen molar-refractivity contribution in [1.29, 1.82) is 0 Å². The average molecular weight is 284 g/mol. The third-order valence-electron chi connectivity index (χ3n) is 4.44. The molecule has 1 aliphatic heterocycles. The highest BCUT2D eigenvalue weighted by Crippen LogP contribution is 2.27. The molecular formula is C17H36N2O. The maximum atomic E-state index is 5.35. The van der Waals surface area contributed by atoms with Crippen LogP contribution >= 0.6 is 0 Å². The maximum absolute atomic E-state index is 5.35. The topological polar surface area (TPSA) is 24.5 Å². The largest absolute Gasteiger partial charge is 0.384 e. The van der Waals surface area contributed by atoms with E-state index in [9.17, 15) is 0 Å². The zero-order valence-electron chi connectivity index (χ0n) is 14.2. The van der Waals surface area contributed by atoms with Crippen LogP contribution in [0.4, 0.5) is 0 Å². The lowest BCUT2D eigenvalue weighted by atomic mass is 9.83. The fourth-order valence-electron chi connectivity index (χ4n) is 3.60. The summed E-state index contributed by atoms with van der Waals surface area (Å²) < 4.78 is 5.35. The molecule has 1 fully saturated rings. The average Bonchev–Trinajstić information content (AvgIpc) is 2.40. The van der Waals surface area contributed by atoms with E-state index in [1.807, 2.05) is 7.11 Å². The van der Waals surface area contributed by atoms with Gasteiger partial charge in [0.05, 0.1) is 6.61 Å². The quantitative estimate of drug-likeness (QED) is 0.624. The molecule has 0 radical (unpaired) electrons. The van der Waals surface area contributed by atoms with Gasteiger partial charge in [0.15, 0.2) is 0 Å². The summed E-state index contributed by atoms with van der Waals surface area (Å²) in [5.74, 6) is 0.739. The van der Waals surface area contributed by atoms with Crippen molar-refractivity contribution in [2.75, 3.05) is 46.4 Å². The van der Waals surface area contributed by atoms with Gasteiger partial charge in [0.1, 0.15) is 0 Å². The lowest BCUT2D eigenvalue weighted by molar-refractivity contribution is 0.0638. The first-order valence-electron chi connectivity index (χ1n) is 8.55. The van der Waals surface area contributed by atoms with Crippen LogP contribution in [0.2, 0.25) is 0 Å². The van der Waals surface area contributed by atoms with Crippen molar-refractivity contribution in [1.82, 2.24) is 10.2 Å². The molecule has 1 aliphatic rings. The Bertz CT molecular complexity index is 245. The normalized spacial score (nSPS) is 23.7. The van der Waals surface area contributed by atoms with E-state index in [4.69, 9.17) is 4.74 Å². The lowest BCUT2D eigenvalue weighted by Gasteiger charge is -2.40. The smallest absolute Gasteiger partial charge is 0.0502 e. The van der Waals surface area contributed by atoms with Crippen LogP contribution in [-0.2, 0) is 4.74 Å². The van der Waals surface area contributed by atoms with Crippen LogP contribution in [0.1, 0.15) is 52.9 Å². The van der Waals surface area contributed by atoms with Gasteiger partial charge < -0.3 is 15.0 Å². The van der Waals surface area contributed by atoms with Crippen molar-refractivity contribution in [3.63, 3.8) is 0 Å². The molecule has 1 N–H and O–H groups in total. The first kappa shape index (κ1) is 17.9. The highest BCUT2D eigenvalue weighted by molar-refractivity contribution is 4.83. The fraction of sp³-hybridized carbons (Fsp3) is 1.00. The van der Waals surface area contributed by atoms with Gasteiger partial charge in [0.2, 0.25) is 0 Å². The predicted molar refractivity (Wildman–Crippen MR) is 87.2 cm³/mol. The number of hydrogen-bond acceptors (Lipinski definition) is 3. The molecule has 3 heteroatoms. The van der Waals surface area contributed by atoms with Crippen molar-refractivity contribution >= 4 is 0 Å². The molecule has 0 aromatic heterocycles. The Balaban J connectivity index is 2.46. The summed E-state index contributed by atoms with van der Waals surface area (Å²) in [5.41, 5.74) is 0.416. The van der Waals surface area contributed by atoms with E-state index in [0.717, 1.165) is 25.6 Å². The molecule has 3 nitrogen and oxygen atoms in total. The van der Waals surface area contributed by atoms with E-state index < -0.39 is 0 Å². The standard InChI is InChI=1S/C17H36N2O/c1-5-9-17(3,14-18-10-6-2)15-19-11-7-8-16(12-19)13-20-4/h16,18H,5-15H2,1-4H3. The van der Waals surface area contributed by atoms with Gasteiger partial charge in [-0.3, -0.25) is 0 Å². The molecule has 0 spiro atoms. The molecule has 2 unspecified atom stereocenters. The van der Waals surface area contributed by atoms with Crippen LogP contribution in [-0.4, -0.2) is 51.3 Å². The number of hydrogen-bond donors (Lipinski definition) is 1. The minimum absolute atomic E-state index is 0.416. The molecule has 1 saturated heterocycles. The zero-order chi connectivity index (χ0) is 14.8. The number of nitrogens with zero attached hydrogens (tertiary/aromatic N) is 1. The van der Waals surface area contributed by atoms with Gasteiger partial charge in [-0.15, -0.1) is 0 Å². The third-order valence-corrected chi connectivity index (χ3v) is 4.44. The first-order chi connectivity index (χ1) is 9.63. The van der Waals surface area contributed by atoms with Crippen LogP contribution < -0.4 is 5.32 Å². The number of rotatable bonds is 10. The lowest BCUT2D eigenvalue weighted by Crippen LogP contribution is -2.46. The molecule has 1 rings (SSSR count). The van der Waals surface area contributed by atoms with Crippen molar-refractivity contribution < 1.29 is 4.74 Å². The number of piperidine rings is 1. The van der Waals surface area contributed by atoms with Crippen molar-refractivity contribution in [2.24, 2.45) is 11.3 Å². The number of likely N-dealkylation sites (tertiary alicyclic amines) is 1. The second-order valence-electron chi connectivity index (χ2n) is 6.94. The minimum atomic E-state index is 0.416. The Morgan fingerprint density at radius 2 is 2.10 bits per heavy atom. The first-order valence-corrected chi connectivity index (χ1v) is 8.55. The van der Waals surface area contributed by atoms with Crippen LogP contribution in [0.25, 0.3) is 0 Å². The molecule has 0 aliphatic carbocycles. The Hall–Kier alpha value is -0.120. The molecule has 0 aromatic carbocycles. The summed E-state index contributed by atoms with van der Waals surface area (Å²) >= 11 is 0. The van der Waals surface area contributed by atoms with E-state index in [1.165, 1.54) is 51.7 Å². The molecule has 0 saturated carbocycles. The van der Waals surface area contributed by atoms with Crippen molar-refractivity contribution in [2.45, 2.75) is 52.9 Å². The number of ether oxygens (including phenoxy) is 1. The second kappa shape index (κ2) is 9.75. The SMILES string of the molecule is CCCNCC(C)(CCC)CN1CCCC(COC)C1. The Labute approximate surface area is 126 Å². The van der Waals surface area contributed by atoms with Crippen molar-refractivity contribution in [3.8, 4) is 0 Å². The van der Waals surface area contributed by atoms with Crippen LogP contribution in [0, 0.1) is 11.3 Å². The van der Waals surface area contributed by atoms with E-state index in [0.29, 0.717) is 5.41 Å². The minimum Gasteiger partial charge on any atom is -0.384 e. The van der Waals surface area contributed by atoms with E-state index in [1.54, 1.807) is 0 Å². The van der Waals surface area contributed by atoms with Crippen LogP contribution in [0.15, 0.2) is 0 Å². The highest BCUT2D eigenvalue weighted by atomic mass is 16.5. The zero-order valence-corrected chi connectivity index (χ0v) is 14.2. The van der Waals surface area contributed by atoms with Gasteiger partial charge in [-0.2, -0.15) is 0 Å². The summed E-state index contributed by atoms with van der Waals surface area (Å²) in [6.07, 6.45) is 6.48. The van der Waals surface area contributed by atoms with E-state index >= 15 is 0 Å². The van der Waals surface area contributed by atoms with Crippen molar-refractivity contribution in [3.05, 3.63) is 0 Å². The van der Waals surface area contributed by atoms with Gasteiger partial charge in [-0.1, -0.05) is 27.2 Å². The molecule has 20 heavy (non-hydrogen) atoms. The summed E-state index contributed by atoms with van der Waals surface area (Å²) in [5, 5.41) is 3.64. The molecule has 0 amide bonds. The summed E-state index contributed by atoms with van der Waals surface area (Å²) in [6.45, 7) is 14.0. The third kappa shape index (κ3) is 6.55. The number of methoxy groups -OCH3 is 1. The second-order valence-corrected chi connectivity index (χ2v) is 6.94.